The maximum atomic E-state index is 13.1. The number of carbonyl (C=O) groups is 1. The van der Waals surface area contributed by atoms with Crippen LogP contribution in [0.5, 0.6) is 0 Å². The lowest BCUT2D eigenvalue weighted by Gasteiger charge is -2.07. The van der Waals surface area contributed by atoms with Gasteiger partial charge in [-0.3, -0.25) is 4.79 Å². The fraction of sp³-hybridized carbons (Fsp3) is 0.0667. The number of imidazole rings is 1. The van der Waals surface area contributed by atoms with Crippen LogP contribution in [0, 0.1) is 5.82 Å². The summed E-state index contributed by atoms with van der Waals surface area (Å²) in [7, 11) is 0. The van der Waals surface area contributed by atoms with E-state index in [0.29, 0.717) is 22.1 Å². The Kier molecular flexibility index (Phi) is 4.00. The third-order valence-electron chi connectivity index (χ3n) is 3.03. The number of hydrogen-bond acceptors (Lipinski definition) is 2. The summed E-state index contributed by atoms with van der Waals surface area (Å²) < 4.78 is 14.7. The van der Waals surface area contributed by atoms with Crippen LogP contribution in [0.1, 0.15) is 5.69 Å². The predicted molar refractivity (Wildman–Crippen MR) is 83.9 cm³/mol. The smallest absolute Gasteiger partial charge is 0.230 e. The number of hydrogen-bond donors (Lipinski definition) is 1. The monoisotopic (exact) mass is 337 g/mol. The molecule has 3 aromatic rings. The molecule has 4 nitrogen and oxygen atoms in total. The van der Waals surface area contributed by atoms with Gasteiger partial charge < -0.3 is 9.72 Å². The van der Waals surface area contributed by atoms with E-state index in [1.165, 1.54) is 16.7 Å². The maximum absolute atomic E-state index is 13.1. The van der Waals surface area contributed by atoms with Gasteiger partial charge >= 0.3 is 0 Å². The molecule has 0 aliphatic carbocycles. The predicted octanol–water partition coefficient (Wildman–Crippen LogP) is 3.96. The molecule has 0 atom stereocenters. The normalized spacial score (nSPS) is 10.9. The Labute approximate surface area is 135 Å². The highest BCUT2D eigenvalue weighted by molar-refractivity contribution is 6.43. The first-order valence-electron chi connectivity index (χ1n) is 6.40. The van der Waals surface area contributed by atoms with Crippen molar-refractivity contribution in [2.75, 3.05) is 5.32 Å². The van der Waals surface area contributed by atoms with Crippen molar-refractivity contribution in [3.63, 3.8) is 0 Å². The van der Waals surface area contributed by atoms with Crippen LogP contribution < -0.4 is 5.32 Å². The number of anilines is 1. The van der Waals surface area contributed by atoms with Crippen molar-refractivity contribution in [3.8, 4) is 0 Å². The molecule has 0 bridgehead atoms. The first-order chi connectivity index (χ1) is 10.5. The molecule has 2 heterocycles. The second kappa shape index (κ2) is 5.94. The van der Waals surface area contributed by atoms with Gasteiger partial charge in [0.1, 0.15) is 11.5 Å². The van der Waals surface area contributed by atoms with Crippen molar-refractivity contribution in [1.29, 1.82) is 0 Å². The molecule has 1 amide bonds. The zero-order chi connectivity index (χ0) is 15.7. The Morgan fingerprint density at radius 3 is 2.86 bits per heavy atom. The zero-order valence-electron chi connectivity index (χ0n) is 11.2. The van der Waals surface area contributed by atoms with Crippen molar-refractivity contribution in [3.05, 3.63) is 64.3 Å². The third-order valence-corrected chi connectivity index (χ3v) is 3.85. The number of halogens is 3. The molecular weight excluding hydrogens is 328 g/mol. The van der Waals surface area contributed by atoms with E-state index < -0.39 is 0 Å². The van der Waals surface area contributed by atoms with Crippen LogP contribution in [0.2, 0.25) is 10.0 Å². The number of nitrogens with zero attached hydrogens (tertiary/aromatic N) is 2. The number of benzene rings is 1. The van der Waals surface area contributed by atoms with Crippen LogP contribution >= 0.6 is 23.2 Å². The molecule has 0 aliphatic heterocycles. The van der Waals surface area contributed by atoms with E-state index in [1.54, 1.807) is 30.5 Å². The molecule has 2 aromatic heterocycles. The van der Waals surface area contributed by atoms with Gasteiger partial charge in [0.05, 0.1) is 27.8 Å². The summed E-state index contributed by atoms with van der Waals surface area (Å²) in [6, 6.07) is 7.85. The maximum Gasteiger partial charge on any atom is 0.230 e. The van der Waals surface area contributed by atoms with Gasteiger partial charge in [0.2, 0.25) is 5.91 Å². The number of aromatic nitrogens is 2. The van der Waals surface area contributed by atoms with Gasteiger partial charge in [-0.25, -0.2) is 9.37 Å². The average Bonchev–Trinajstić information content (AvgIpc) is 2.85. The molecule has 0 radical (unpaired) electrons. The first kappa shape index (κ1) is 14.8. The molecule has 112 valence electrons. The number of rotatable bonds is 3. The Balaban J connectivity index is 1.76. The summed E-state index contributed by atoms with van der Waals surface area (Å²) in [5.41, 5.74) is 1.54. The fourth-order valence-electron chi connectivity index (χ4n) is 2.06. The molecule has 22 heavy (non-hydrogen) atoms. The van der Waals surface area contributed by atoms with Gasteiger partial charge in [-0.1, -0.05) is 29.3 Å². The lowest BCUT2D eigenvalue weighted by Crippen LogP contribution is -2.14. The number of carbonyl (C=O) groups excluding carboxylic acids is 1. The van der Waals surface area contributed by atoms with Crippen LogP contribution in [-0.4, -0.2) is 15.3 Å². The number of fused-ring (bicyclic) bond motifs is 1. The van der Waals surface area contributed by atoms with E-state index in [0.717, 1.165) is 0 Å². The molecule has 7 heteroatoms. The highest BCUT2D eigenvalue weighted by Gasteiger charge is 2.11. The molecule has 0 aliphatic rings. The van der Waals surface area contributed by atoms with Crippen molar-refractivity contribution in [2.24, 2.45) is 0 Å². The van der Waals surface area contributed by atoms with Crippen LogP contribution in [0.3, 0.4) is 0 Å². The molecule has 0 unspecified atom stereocenters. The minimum atomic E-state index is -0.369. The van der Waals surface area contributed by atoms with Crippen molar-refractivity contribution < 1.29 is 9.18 Å². The van der Waals surface area contributed by atoms with E-state index in [4.69, 9.17) is 23.2 Å². The average molecular weight is 338 g/mol. The summed E-state index contributed by atoms with van der Waals surface area (Å²) >= 11 is 11.9. The van der Waals surface area contributed by atoms with E-state index in [-0.39, 0.29) is 23.2 Å². The summed E-state index contributed by atoms with van der Waals surface area (Å²) in [5.74, 6) is -0.653. The Bertz CT molecular complexity index is 863. The van der Waals surface area contributed by atoms with Gasteiger partial charge in [0, 0.05) is 12.4 Å². The number of amides is 1. The second-order valence-corrected chi connectivity index (χ2v) is 5.46. The fourth-order valence-corrected chi connectivity index (χ4v) is 2.41. The zero-order valence-corrected chi connectivity index (χ0v) is 12.7. The molecule has 1 N–H and O–H groups in total. The number of pyridine rings is 1. The summed E-state index contributed by atoms with van der Waals surface area (Å²) in [6.07, 6.45) is 2.96. The van der Waals surface area contributed by atoms with Crippen LogP contribution in [0.25, 0.3) is 5.65 Å². The Hall–Kier alpha value is -2.11. The molecular formula is C15H10Cl2FN3O. The van der Waals surface area contributed by atoms with E-state index in [1.807, 2.05) is 0 Å². The third kappa shape index (κ3) is 3.05. The quantitative estimate of drug-likeness (QED) is 0.786. The van der Waals surface area contributed by atoms with E-state index in [2.05, 4.69) is 10.3 Å². The Morgan fingerprint density at radius 2 is 2.05 bits per heavy atom. The topological polar surface area (TPSA) is 46.4 Å². The SMILES string of the molecule is O=C(Cc1cn2cc(F)ccc2n1)Nc1cccc(Cl)c1Cl. The first-order valence-corrected chi connectivity index (χ1v) is 7.15. The van der Waals surface area contributed by atoms with Crippen LogP contribution in [0.15, 0.2) is 42.7 Å². The van der Waals surface area contributed by atoms with Gasteiger partial charge in [-0.15, -0.1) is 0 Å². The molecule has 0 fully saturated rings. The van der Waals surface area contributed by atoms with Crippen LogP contribution in [-0.2, 0) is 11.2 Å². The van der Waals surface area contributed by atoms with Gasteiger partial charge in [0.25, 0.3) is 0 Å². The highest BCUT2D eigenvalue weighted by Crippen LogP contribution is 2.29. The van der Waals surface area contributed by atoms with Gasteiger partial charge in [0.15, 0.2) is 0 Å². The molecule has 0 saturated carbocycles. The Morgan fingerprint density at radius 1 is 1.23 bits per heavy atom. The molecule has 0 saturated heterocycles. The lowest BCUT2D eigenvalue weighted by molar-refractivity contribution is -0.115. The van der Waals surface area contributed by atoms with Crippen molar-refractivity contribution in [2.45, 2.75) is 6.42 Å². The lowest BCUT2D eigenvalue weighted by atomic mass is 10.3. The molecule has 3 rings (SSSR count). The largest absolute Gasteiger partial charge is 0.324 e. The molecule has 0 spiro atoms. The van der Waals surface area contributed by atoms with Crippen molar-refractivity contribution >= 4 is 40.4 Å². The summed E-state index contributed by atoms with van der Waals surface area (Å²) in [6.45, 7) is 0. The minimum Gasteiger partial charge on any atom is -0.324 e. The van der Waals surface area contributed by atoms with Crippen molar-refractivity contribution in [1.82, 2.24) is 9.38 Å². The second-order valence-electron chi connectivity index (χ2n) is 4.67. The minimum absolute atomic E-state index is 0.0478. The van der Waals surface area contributed by atoms with Gasteiger partial charge in [-0.05, 0) is 24.3 Å². The standard InChI is InChI=1S/C15H10Cl2FN3O/c16-11-2-1-3-12(15(11)17)20-14(22)6-10-8-21-7-9(18)4-5-13(21)19-10/h1-5,7-8H,6H2,(H,20,22). The van der Waals surface area contributed by atoms with Gasteiger partial charge in [-0.2, -0.15) is 0 Å². The van der Waals surface area contributed by atoms with E-state index in [9.17, 15) is 9.18 Å². The number of nitrogens with one attached hydrogen (secondary N) is 1. The summed E-state index contributed by atoms with van der Waals surface area (Å²) in [5, 5.41) is 3.33. The summed E-state index contributed by atoms with van der Waals surface area (Å²) in [4.78, 5) is 16.3. The molecule has 1 aromatic carbocycles. The van der Waals surface area contributed by atoms with Crippen LogP contribution in [0.4, 0.5) is 10.1 Å². The van der Waals surface area contributed by atoms with E-state index >= 15 is 0 Å². The highest BCUT2D eigenvalue weighted by atomic mass is 35.5.